The number of nitrogens with zero attached hydrogens (tertiary/aromatic N) is 1. The number of hydrogen-bond acceptors (Lipinski definition) is 9. The van der Waals surface area contributed by atoms with Gasteiger partial charge in [-0.25, -0.2) is 9.69 Å². The number of hydrogen-bond donors (Lipinski definition) is 1. The fourth-order valence-electron chi connectivity index (χ4n) is 4.56. The van der Waals surface area contributed by atoms with Crippen molar-refractivity contribution in [1.29, 1.82) is 0 Å². The number of thiazole rings is 1. The highest BCUT2D eigenvalue weighted by atomic mass is 35.5. The van der Waals surface area contributed by atoms with Crippen LogP contribution in [-0.4, -0.2) is 48.3 Å². The zero-order valence-corrected chi connectivity index (χ0v) is 22.1. The number of benzene rings is 2. The minimum atomic E-state index is -0.747. The Labute approximate surface area is 224 Å². The molecule has 0 bridgehead atoms. The van der Waals surface area contributed by atoms with Crippen molar-refractivity contribution in [3.05, 3.63) is 67.6 Å². The third-order valence-corrected chi connectivity index (χ3v) is 8.76. The van der Waals surface area contributed by atoms with Crippen molar-refractivity contribution < 1.29 is 28.6 Å². The van der Waals surface area contributed by atoms with Gasteiger partial charge in [0, 0.05) is 15.8 Å². The molecule has 0 radical (unpaired) electrons. The summed E-state index contributed by atoms with van der Waals surface area (Å²) in [6, 6.07) is 11.6. The number of methoxy groups -OCH3 is 1. The van der Waals surface area contributed by atoms with E-state index in [4.69, 9.17) is 25.8 Å². The van der Waals surface area contributed by atoms with E-state index in [-0.39, 0.29) is 29.9 Å². The highest BCUT2D eigenvalue weighted by Gasteiger charge is 2.56. The van der Waals surface area contributed by atoms with E-state index in [1.807, 2.05) is 0 Å². The lowest BCUT2D eigenvalue weighted by Gasteiger charge is -2.30. The summed E-state index contributed by atoms with van der Waals surface area (Å²) >= 11 is 8.22. The molecule has 2 unspecified atom stereocenters. The predicted octanol–water partition coefficient (Wildman–Crippen LogP) is 3.84. The molecule has 3 heterocycles. The average molecular weight is 561 g/mol. The van der Waals surface area contributed by atoms with Crippen LogP contribution in [0.2, 0.25) is 5.02 Å². The number of rotatable bonds is 7. The van der Waals surface area contributed by atoms with Gasteiger partial charge >= 0.3 is 10.8 Å². The number of halogens is 1. The number of esters is 1. The van der Waals surface area contributed by atoms with Gasteiger partial charge in [-0.15, -0.1) is 0 Å². The van der Waals surface area contributed by atoms with Crippen molar-refractivity contribution in [2.24, 2.45) is 5.92 Å². The molecule has 2 aromatic carbocycles. The van der Waals surface area contributed by atoms with E-state index >= 15 is 0 Å². The predicted molar refractivity (Wildman–Crippen MR) is 139 cm³/mol. The normalized spacial score (nSPS) is 20.4. The Balaban J connectivity index is 1.54. The highest BCUT2D eigenvalue weighted by Crippen LogP contribution is 2.53. The Kier molecular flexibility index (Phi) is 7.02. The molecule has 1 saturated heterocycles. The molecule has 2 aliphatic heterocycles. The van der Waals surface area contributed by atoms with E-state index in [0.717, 1.165) is 11.3 Å². The molecule has 2 aliphatic rings. The first-order valence-corrected chi connectivity index (χ1v) is 13.4. The van der Waals surface area contributed by atoms with E-state index in [1.165, 1.54) is 23.8 Å². The molecular weight excluding hydrogens is 540 g/mol. The number of thioether (sulfide) groups is 1. The summed E-state index contributed by atoms with van der Waals surface area (Å²) in [4.78, 5) is 55.7. The summed E-state index contributed by atoms with van der Waals surface area (Å²) in [6.45, 7) is 1.65. The summed E-state index contributed by atoms with van der Waals surface area (Å²) in [5, 5.41) is 0.336. The van der Waals surface area contributed by atoms with Gasteiger partial charge in [-0.05, 0) is 48.9 Å². The lowest BCUT2D eigenvalue weighted by atomic mass is 9.83. The van der Waals surface area contributed by atoms with E-state index in [9.17, 15) is 19.2 Å². The van der Waals surface area contributed by atoms with Crippen LogP contribution in [0.15, 0.2) is 52.3 Å². The molecule has 5 rings (SSSR count). The molecule has 0 spiro atoms. The molecule has 2 amide bonds. The molecule has 37 heavy (non-hydrogen) atoms. The number of imide groups is 1. The fraction of sp³-hybridized carbons (Fsp3) is 0.280. The maximum Gasteiger partial charge on any atom is 0.344 e. The molecule has 1 aromatic heterocycles. The largest absolute Gasteiger partial charge is 0.493 e. The fourth-order valence-corrected chi connectivity index (χ4v) is 7.20. The number of nitrogens with one attached hydrogen (secondary N) is 1. The lowest BCUT2D eigenvalue weighted by Crippen LogP contribution is -2.32. The van der Waals surface area contributed by atoms with Gasteiger partial charge in [0.25, 0.3) is 0 Å². The SMILES string of the molecule is CCOC(=O)COc1ccc([C@H]2c3sc(=O)[nH]c3SC3C(=O)N(c4ccc(Cl)cc4)C(=O)C32)cc1OC. The molecule has 1 N–H and O–H groups in total. The second-order valence-electron chi connectivity index (χ2n) is 8.24. The molecule has 0 saturated carbocycles. The second kappa shape index (κ2) is 10.2. The van der Waals surface area contributed by atoms with Gasteiger partial charge in [0.05, 0.1) is 30.3 Å². The smallest absolute Gasteiger partial charge is 0.344 e. The number of aromatic nitrogens is 1. The Morgan fingerprint density at radius 2 is 1.84 bits per heavy atom. The van der Waals surface area contributed by atoms with Gasteiger partial charge in [0.2, 0.25) is 11.8 Å². The van der Waals surface area contributed by atoms with Crippen LogP contribution < -0.4 is 19.2 Å². The van der Waals surface area contributed by atoms with Gasteiger partial charge in [-0.2, -0.15) is 0 Å². The highest BCUT2D eigenvalue weighted by molar-refractivity contribution is 8.00. The van der Waals surface area contributed by atoms with Crippen molar-refractivity contribution in [2.45, 2.75) is 23.1 Å². The van der Waals surface area contributed by atoms with Crippen LogP contribution >= 0.6 is 34.7 Å². The van der Waals surface area contributed by atoms with Crippen LogP contribution in [0.25, 0.3) is 0 Å². The maximum atomic E-state index is 13.8. The number of amides is 2. The third kappa shape index (κ3) is 4.62. The van der Waals surface area contributed by atoms with Gasteiger partial charge in [-0.1, -0.05) is 40.8 Å². The van der Waals surface area contributed by atoms with Gasteiger partial charge in [-0.3, -0.25) is 14.4 Å². The summed E-state index contributed by atoms with van der Waals surface area (Å²) < 4.78 is 16.0. The van der Waals surface area contributed by atoms with Crippen LogP contribution in [0.3, 0.4) is 0 Å². The quantitative estimate of drug-likeness (QED) is 0.342. The van der Waals surface area contributed by atoms with E-state index in [2.05, 4.69) is 4.98 Å². The Bertz CT molecular complexity index is 1440. The number of carbonyl (C=O) groups is 3. The molecular formula is C25H21ClN2O7S2. The first kappa shape index (κ1) is 25.4. The second-order valence-corrected chi connectivity index (χ2v) is 10.8. The van der Waals surface area contributed by atoms with Gasteiger partial charge < -0.3 is 19.2 Å². The van der Waals surface area contributed by atoms with Crippen molar-refractivity contribution in [2.75, 3.05) is 25.2 Å². The molecule has 12 heteroatoms. The summed E-state index contributed by atoms with van der Waals surface area (Å²) in [6.07, 6.45) is 0. The summed E-state index contributed by atoms with van der Waals surface area (Å²) in [5.74, 6) is -1.89. The molecule has 0 aliphatic carbocycles. The minimum absolute atomic E-state index is 0.238. The minimum Gasteiger partial charge on any atom is -0.493 e. The lowest BCUT2D eigenvalue weighted by molar-refractivity contribution is -0.145. The van der Waals surface area contributed by atoms with Crippen LogP contribution in [0.4, 0.5) is 5.69 Å². The Morgan fingerprint density at radius 3 is 2.54 bits per heavy atom. The first-order chi connectivity index (χ1) is 17.8. The van der Waals surface area contributed by atoms with Crippen LogP contribution in [0.1, 0.15) is 23.3 Å². The van der Waals surface area contributed by atoms with E-state index in [0.29, 0.717) is 37.7 Å². The molecule has 1 fully saturated rings. The zero-order valence-electron chi connectivity index (χ0n) is 19.7. The monoisotopic (exact) mass is 560 g/mol. The number of H-pyrrole nitrogens is 1. The third-order valence-electron chi connectivity index (χ3n) is 6.11. The number of aromatic amines is 1. The Morgan fingerprint density at radius 1 is 1.08 bits per heavy atom. The standard InChI is InChI=1S/C25H21ClN2O7S2/c1-3-34-17(29)11-35-15-9-4-12(10-16(15)33-2)18-19-21(36-22-20(18)37-25(32)27-22)24(31)28(23(19)30)14-7-5-13(26)6-8-14/h4-10,18-19,21H,3,11H2,1-2H3,(H,27,32)/t18-,19?,21?/m1/s1. The van der Waals surface area contributed by atoms with Crippen LogP contribution in [0.5, 0.6) is 11.5 Å². The van der Waals surface area contributed by atoms with Gasteiger partial charge in [0.1, 0.15) is 5.25 Å². The number of carbonyl (C=O) groups excluding carboxylic acids is 3. The molecule has 3 atom stereocenters. The zero-order chi connectivity index (χ0) is 26.3. The maximum absolute atomic E-state index is 13.8. The number of fused-ring (bicyclic) bond motifs is 2. The Hall–Kier alpha value is -3.28. The van der Waals surface area contributed by atoms with Crippen molar-refractivity contribution in [3.63, 3.8) is 0 Å². The first-order valence-electron chi connectivity index (χ1n) is 11.3. The van der Waals surface area contributed by atoms with Crippen LogP contribution in [0, 0.1) is 5.92 Å². The van der Waals surface area contributed by atoms with Crippen LogP contribution in [-0.2, 0) is 19.1 Å². The molecule has 192 valence electrons. The molecule has 3 aromatic rings. The van der Waals surface area contributed by atoms with Crippen molar-refractivity contribution in [1.82, 2.24) is 4.98 Å². The topological polar surface area (TPSA) is 115 Å². The van der Waals surface area contributed by atoms with Crippen molar-refractivity contribution >= 4 is 58.2 Å². The van der Waals surface area contributed by atoms with Crippen molar-refractivity contribution in [3.8, 4) is 11.5 Å². The van der Waals surface area contributed by atoms with E-state index in [1.54, 1.807) is 49.4 Å². The summed E-state index contributed by atoms with van der Waals surface area (Å²) in [7, 11) is 1.46. The summed E-state index contributed by atoms with van der Waals surface area (Å²) in [5.41, 5.74) is 1.11. The number of ether oxygens (including phenoxy) is 3. The van der Waals surface area contributed by atoms with E-state index < -0.39 is 23.1 Å². The average Bonchev–Trinajstić information content (AvgIpc) is 3.38. The number of anilines is 1. The van der Waals surface area contributed by atoms with Gasteiger partial charge in [0.15, 0.2) is 18.1 Å². The molecule has 9 nitrogen and oxygen atoms in total.